The zero-order valence-corrected chi connectivity index (χ0v) is 35.5. The van der Waals surface area contributed by atoms with Gasteiger partial charge in [-0.15, -0.1) is 0 Å². The molecule has 0 spiro atoms. The Balaban J connectivity index is 0.000000221. The van der Waals surface area contributed by atoms with Gasteiger partial charge < -0.3 is 29.9 Å². The third-order valence-corrected chi connectivity index (χ3v) is 13.3. The predicted molar refractivity (Wildman–Crippen MR) is 214 cm³/mol. The molecule has 0 atom stereocenters. The Morgan fingerprint density at radius 1 is 0.586 bits per heavy atom. The quantitative estimate of drug-likeness (QED) is 0.135. The van der Waals surface area contributed by atoms with Crippen molar-refractivity contribution in [2.45, 2.75) is 126 Å². The van der Waals surface area contributed by atoms with Crippen molar-refractivity contribution in [2.24, 2.45) is 0 Å². The molecular weight excluding hydrogens is 910 g/mol. The first-order valence-electron chi connectivity index (χ1n) is 19.5. The lowest BCUT2D eigenvalue weighted by Crippen LogP contribution is -2.46. The van der Waals surface area contributed by atoms with E-state index in [2.05, 4.69) is 52.3 Å². The number of alkyl halides is 6. The lowest BCUT2D eigenvalue weighted by molar-refractivity contribution is -0.384. The minimum Gasteiger partial charge on any atom is -0.381 e. The number of hydrogen-bond acceptors (Lipinski definition) is 10. The van der Waals surface area contributed by atoms with E-state index in [0.29, 0.717) is 36.4 Å². The van der Waals surface area contributed by atoms with Gasteiger partial charge in [0.2, 0.25) is 0 Å². The SMILES string of the molecule is COC1CCC(N2CCC(Nc3cc(Br)c(C(F)(F)F)cc3[N+](=O)[O-])CC2)CC1.COC1CCC(N2CCC(Nc3cc(Br)c(C(F)(F)F)cc3[N+](=O)[O-])CC2)CC1. The summed E-state index contributed by atoms with van der Waals surface area (Å²) in [4.78, 5) is 26.0. The molecule has 0 aromatic heterocycles. The van der Waals surface area contributed by atoms with Crippen LogP contribution in [0.25, 0.3) is 0 Å². The summed E-state index contributed by atoms with van der Waals surface area (Å²) in [6, 6.07) is 4.58. The summed E-state index contributed by atoms with van der Waals surface area (Å²) in [5.41, 5.74) is -2.96. The van der Waals surface area contributed by atoms with E-state index in [9.17, 15) is 46.6 Å². The van der Waals surface area contributed by atoms with E-state index >= 15 is 0 Å². The van der Waals surface area contributed by atoms with E-state index in [4.69, 9.17) is 9.47 Å². The summed E-state index contributed by atoms with van der Waals surface area (Å²) in [5.74, 6) is 0. The van der Waals surface area contributed by atoms with Crippen LogP contribution in [0.1, 0.15) is 88.2 Å². The number of ether oxygens (including phenoxy) is 2. The highest BCUT2D eigenvalue weighted by molar-refractivity contribution is 9.10. The largest absolute Gasteiger partial charge is 0.417 e. The molecule has 2 aromatic carbocycles. The third-order valence-electron chi connectivity index (χ3n) is 11.9. The summed E-state index contributed by atoms with van der Waals surface area (Å²) < 4.78 is 88.8. The molecule has 0 bridgehead atoms. The Hall–Kier alpha value is -2.78. The maximum atomic E-state index is 13.1. The average molecular weight is 961 g/mol. The average Bonchev–Trinajstić information content (AvgIpc) is 3.18. The van der Waals surface area contributed by atoms with Gasteiger partial charge in [-0.05, 0) is 89.2 Å². The second-order valence-electron chi connectivity index (χ2n) is 15.4. The summed E-state index contributed by atoms with van der Waals surface area (Å²) in [6.45, 7) is 3.48. The fourth-order valence-corrected chi connectivity index (χ4v) is 9.78. The number of nitro groups is 2. The Morgan fingerprint density at radius 2 is 0.897 bits per heavy atom. The van der Waals surface area contributed by atoms with Gasteiger partial charge in [-0.1, -0.05) is 31.9 Å². The van der Waals surface area contributed by atoms with Crippen LogP contribution < -0.4 is 10.6 Å². The van der Waals surface area contributed by atoms with Crippen LogP contribution in [-0.2, 0) is 21.8 Å². The number of likely N-dealkylation sites (tertiary alicyclic amines) is 2. The highest BCUT2D eigenvalue weighted by Gasteiger charge is 2.38. The standard InChI is InChI=1S/2C19H25BrF3N3O3/c2*1-29-14-4-2-13(3-5-14)25-8-6-12(7-9-25)24-17-11-16(20)15(19(21,22)23)10-18(17)26(27)28/h2*10-14,24H,2-9H2,1H3. The highest BCUT2D eigenvalue weighted by Crippen LogP contribution is 2.43. The first-order valence-corrected chi connectivity index (χ1v) is 21.1. The molecule has 2 aliphatic heterocycles. The number of nitro benzene ring substituents is 2. The fourth-order valence-electron chi connectivity index (χ4n) is 8.64. The lowest BCUT2D eigenvalue weighted by atomic mass is 9.90. The first kappa shape index (κ1) is 46.3. The van der Waals surface area contributed by atoms with Crippen LogP contribution in [0.15, 0.2) is 33.2 Å². The summed E-state index contributed by atoms with van der Waals surface area (Å²) >= 11 is 5.80. The van der Waals surface area contributed by atoms with Gasteiger partial charge in [0.15, 0.2) is 0 Å². The van der Waals surface area contributed by atoms with Crippen molar-refractivity contribution in [3.8, 4) is 0 Å². The molecule has 2 saturated carbocycles. The number of anilines is 2. The van der Waals surface area contributed by atoms with Crippen LogP contribution in [0, 0.1) is 20.2 Å². The molecule has 2 aromatic rings. The molecule has 2 heterocycles. The molecule has 0 amide bonds. The number of hydrogen-bond donors (Lipinski definition) is 2. The molecule has 2 aliphatic carbocycles. The Kier molecular flexibility index (Phi) is 16.1. The summed E-state index contributed by atoms with van der Waals surface area (Å²) in [5, 5.41) is 28.9. The molecular formula is C38H50Br2F6N6O6. The second-order valence-corrected chi connectivity index (χ2v) is 17.2. The zero-order chi connectivity index (χ0) is 42.4. The number of piperidine rings is 2. The minimum atomic E-state index is -4.66. The van der Waals surface area contributed by atoms with Crippen molar-refractivity contribution in [3.05, 3.63) is 64.6 Å². The van der Waals surface area contributed by atoms with Crippen LogP contribution in [0.4, 0.5) is 49.1 Å². The van der Waals surface area contributed by atoms with Crippen molar-refractivity contribution < 1.29 is 45.7 Å². The van der Waals surface area contributed by atoms with Gasteiger partial charge in [-0.3, -0.25) is 20.2 Å². The first-order chi connectivity index (χ1) is 27.4. The Bertz CT molecular complexity index is 1590. The molecule has 0 radical (unpaired) electrons. The van der Waals surface area contributed by atoms with Crippen LogP contribution in [0.3, 0.4) is 0 Å². The van der Waals surface area contributed by atoms with Gasteiger partial charge in [0, 0.05) is 85.6 Å². The topological polar surface area (TPSA) is 135 Å². The molecule has 324 valence electrons. The van der Waals surface area contributed by atoms with Crippen molar-refractivity contribution >= 4 is 54.6 Å². The van der Waals surface area contributed by atoms with Crippen LogP contribution in [-0.4, -0.2) is 96.4 Å². The zero-order valence-electron chi connectivity index (χ0n) is 32.3. The van der Waals surface area contributed by atoms with E-state index in [1.807, 2.05) is 0 Å². The molecule has 6 rings (SSSR count). The van der Waals surface area contributed by atoms with Crippen molar-refractivity contribution in [3.63, 3.8) is 0 Å². The van der Waals surface area contributed by atoms with E-state index in [1.54, 1.807) is 14.2 Å². The van der Waals surface area contributed by atoms with Crippen LogP contribution >= 0.6 is 31.9 Å². The molecule has 4 aliphatic rings. The summed E-state index contributed by atoms with van der Waals surface area (Å²) in [7, 11) is 3.50. The van der Waals surface area contributed by atoms with E-state index in [0.717, 1.165) is 103 Å². The van der Waals surface area contributed by atoms with Crippen molar-refractivity contribution in [2.75, 3.05) is 51.0 Å². The van der Waals surface area contributed by atoms with Crippen molar-refractivity contribution in [1.29, 1.82) is 0 Å². The molecule has 2 N–H and O–H groups in total. The molecule has 58 heavy (non-hydrogen) atoms. The number of nitrogens with zero attached hydrogens (tertiary/aromatic N) is 4. The number of rotatable bonds is 10. The molecule has 12 nitrogen and oxygen atoms in total. The highest BCUT2D eigenvalue weighted by atomic mass is 79.9. The van der Waals surface area contributed by atoms with Crippen LogP contribution in [0.2, 0.25) is 0 Å². The van der Waals surface area contributed by atoms with Gasteiger partial charge >= 0.3 is 12.4 Å². The van der Waals surface area contributed by atoms with E-state index in [-0.39, 0.29) is 32.4 Å². The fraction of sp³-hybridized carbons (Fsp3) is 0.684. The van der Waals surface area contributed by atoms with Gasteiger partial charge in [0.1, 0.15) is 11.4 Å². The third kappa shape index (κ3) is 12.2. The van der Waals surface area contributed by atoms with Gasteiger partial charge in [-0.2, -0.15) is 26.3 Å². The predicted octanol–water partition coefficient (Wildman–Crippen LogP) is 10.4. The van der Waals surface area contributed by atoms with E-state index in [1.165, 1.54) is 12.1 Å². The molecule has 0 unspecified atom stereocenters. The normalized spacial score (nSPS) is 24.4. The molecule has 2 saturated heterocycles. The minimum absolute atomic E-state index is 0.0103. The van der Waals surface area contributed by atoms with Crippen molar-refractivity contribution in [1.82, 2.24) is 9.80 Å². The summed E-state index contributed by atoms with van der Waals surface area (Å²) in [6.07, 6.45) is 3.22. The maximum Gasteiger partial charge on any atom is 0.417 e. The number of nitrogens with one attached hydrogen (secondary N) is 2. The Labute approximate surface area is 350 Å². The van der Waals surface area contributed by atoms with Gasteiger partial charge in [0.05, 0.1) is 33.2 Å². The van der Waals surface area contributed by atoms with Gasteiger partial charge in [0.25, 0.3) is 11.4 Å². The Morgan fingerprint density at radius 3 is 1.16 bits per heavy atom. The molecule has 4 fully saturated rings. The number of methoxy groups -OCH3 is 2. The second kappa shape index (κ2) is 20.2. The monoisotopic (exact) mass is 958 g/mol. The van der Waals surface area contributed by atoms with Crippen LogP contribution in [0.5, 0.6) is 0 Å². The lowest BCUT2D eigenvalue weighted by Gasteiger charge is -2.40. The van der Waals surface area contributed by atoms with Gasteiger partial charge in [-0.25, -0.2) is 0 Å². The smallest absolute Gasteiger partial charge is 0.381 e. The number of halogens is 8. The molecule has 20 heteroatoms. The van der Waals surface area contributed by atoms with E-state index < -0.39 is 44.7 Å². The maximum absolute atomic E-state index is 13.1. The number of benzene rings is 2.